The zero-order valence-electron chi connectivity index (χ0n) is 20.2. The smallest absolute Gasteiger partial charge is 0.406 e. The summed E-state index contributed by atoms with van der Waals surface area (Å²) in [4.78, 5) is 28.8. The Morgan fingerprint density at radius 1 is 1.10 bits per heavy atom. The van der Waals surface area contributed by atoms with Gasteiger partial charge in [0.15, 0.2) is 15.4 Å². The summed E-state index contributed by atoms with van der Waals surface area (Å²) < 4.78 is 134. The highest BCUT2D eigenvalue weighted by Gasteiger charge is 2.59. The summed E-state index contributed by atoms with van der Waals surface area (Å²) in [5, 5.41) is 3.92. The summed E-state index contributed by atoms with van der Waals surface area (Å²) in [6.07, 6.45) is -13.0. The number of nitrogens with zero attached hydrogens (tertiary/aromatic N) is 1. The van der Waals surface area contributed by atoms with Crippen LogP contribution in [0.3, 0.4) is 0 Å². The molecule has 3 rings (SSSR count). The molecule has 0 saturated carbocycles. The van der Waals surface area contributed by atoms with Crippen molar-refractivity contribution in [2.24, 2.45) is 0 Å². The lowest BCUT2D eigenvalue weighted by Crippen LogP contribution is -2.59. The Kier molecular flexibility index (Phi) is 8.48. The van der Waals surface area contributed by atoms with Gasteiger partial charge >= 0.3 is 12.5 Å². The number of hydrogen-bond acceptors (Lipinski definition) is 6. The van der Waals surface area contributed by atoms with Crippen LogP contribution in [0.4, 0.5) is 35.1 Å². The monoisotopic (exact) mass is 601 g/mol. The van der Waals surface area contributed by atoms with Gasteiger partial charge in [-0.2, -0.15) is 13.2 Å². The third-order valence-electron chi connectivity index (χ3n) is 5.67. The molecule has 17 heteroatoms. The Bertz CT molecular complexity index is 1410. The maximum absolute atomic E-state index is 14.6. The molecule has 0 spiro atoms. The predicted octanol–water partition coefficient (Wildman–Crippen LogP) is 3.81. The summed E-state index contributed by atoms with van der Waals surface area (Å²) in [6, 6.07) is 4.36. The number of sulfone groups is 1. The molecule has 1 aliphatic rings. The highest BCUT2D eigenvalue weighted by atomic mass is 32.2. The fourth-order valence-electron chi connectivity index (χ4n) is 3.89. The number of amides is 2. The summed E-state index contributed by atoms with van der Waals surface area (Å²) in [6.45, 7) is -0.750. The van der Waals surface area contributed by atoms with Crippen LogP contribution in [0.5, 0.6) is 5.75 Å². The molecular formula is C23H19F8N3O5S. The van der Waals surface area contributed by atoms with E-state index < -0.39 is 92.9 Å². The molecule has 1 aliphatic heterocycles. The molecule has 2 N–H and O–H groups in total. The molecule has 0 radical (unpaired) electrons. The van der Waals surface area contributed by atoms with Crippen LogP contribution in [0.15, 0.2) is 48.2 Å². The van der Waals surface area contributed by atoms with Crippen LogP contribution in [-0.2, 0) is 25.0 Å². The van der Waals surface area contributed by atoms with E-state index in [1.807, 2.05) is 0 Å². The molecule has 0 saturated heterocycles. The second-order valence-corrected chi connectivity index (χ2v) is 10.8. The van der Waals surface area contributed by atoms with Crippen molar-refractivity contribution < 1.29 is 57.9 Å². The van der Waals surface area contributed by atoms with Crippen molar-refractivity contribution in [3.63, 3.8) is 0 Å². The molecule has 2 amide bonds. The van der Waals surface area contributed by atoms with Crippen molar-refractivity contribution in [1.29, 1.82) is 0 Å². The van der Waals surface area contributed by atoms with Crippen LogP contribution in [0.2, 0.25) is 0 Å². The molecule has 0 bridgehead atoms. The summed E-state index contributed by atoms with van der Waals surface area (Å²) >= 11 is 0. The van der Waals surface area contributed by atoms with E-state index in [-0.39, 0.29) is 5.69 Å². The number of halogens is 8. The molecule has 8 nitrogen and oxygen atoms in total. The van der Waals surface area contributed by atoms with Crippen LogP contribution in [-0.4, -0.2) is 56.3 Å². The molecule has 1 atom stereocenters. The minimum atomic E-state index is -5.26. The molecule has 0 fully saturated rings. The Morgan fingerprint density at radius 3 is 2.20 bits per heavy atom. The molecule has 0 aliphatic carbocycles. The SMILES string of the molecule is CS(=O)(=O)CC(=O)NCC1=C(c2ccc(C(F)F)cn2)C[C@@](c2ccc(OC(F)(F)F)cc2)(C(F)(F)F)NC1=O. The number of ether oxygens (including phenoxy) is 1. The number of pyridine rings is 1. The predicted molar refractivity (Wildman–Crippen MR) is 122 cm³/mol. The molecular weight excluding hydrogens is 582 g/mol. The van der Waals surface area contributed by atoms with E-state index in [1.165, 1.54) is 0 Å². The molecule has 40 heavy (non-hydrogen) atoms. The van der Waals surface area contributed by atoms with Crippen LogP contribution < -0.4 is 15.4 Å². The zero-order chi connectivity index (χ0) is 30.1. The quantitative estimate of drug-likeness (QED) is 0.445. The average molecular weight is 601 g/mol. The van der Waals surface area contributed by atoms with Crippen molar-refractivity contribution in [2.75, 3.05) is 18.6 Å². The summed E-state index contributed by atoms with van der Waals surface area (Å²) in [7, 11) is -3.80. The second-order valence-electron chi connectivity index (χ2n) is 8.69. The van der Waals surface area contributed by atoms with Crippen molar-refractivity contribution in [3.8, 4) is 5.75 Å². The normalized spacial score (nSPS) is 18.5. The molecule has 2 heterocycles. The van der Waals surface area contributed by atoms with E-state index >= 15 is 0 Å². The summed E-state index contributed by atoms with van der Waals surface area (Å²) in [5.41, 5.74) is -5.73. The average Bonchev–Trinajstić information content (AvgIpc) is 2.80. The number of carbonyl (C=O) groups is 2. The van der Waals surface area contributed by atoms with Gasteiger partial charge in [0.05, 0.1) is 5.69 Å². The van der Waals surface area contributed by atoms with Gasteiger partial charge in [-0.05, 0) is 35.4 Å². The van der Waals surface area contributed by atoms with Crippen molar-refractivity contribution in [2.45, 2.75) is 30.9 Å². The first-order chi connectivity index (χ1) is 18.3. The van der Waals surface area contributed by atoms with Crippen LogP contribution in [0.1, 0.15) is 29.7 Å². The fourth-order valence-corrected chi connectivity index (χ4v) is 4.47. The highest BCUT2D eigenvalue weighted by molar-refractivity contribution is 7.91. The molecule has 1 aromatic carbocycles. The minimum absolute atomic E-state index is 0.336. The highest BCUT2D eigenvalue weighted by Crippen LogP contribution is 2.48. The second kappa shape index (κ2) is 11.0. The third-order valence-corrected chi connectivity index (χ3v) is 6.46. The van der Waals surface area contributed by atoms with Gasteiger partial charge in [0.25, 0.3) is 6.43 Å². The first kappa shape index (κ1) is 30.8. The van der Waals surface area contributed by atoms with E-state index in [0.29, 0.717) is 30.5 Å². The van der Waals surface area contributed by atoms with Gasteiger partial charge in [0, 0.05) is 36.6 Å². The lowest BCUT2D eigenvalue weighted by molar-refractivity contribution is -0.274. The van der Waals surface area contributed by atoms with Gasteiger partial charge in [-0.15, -0.1) is 13.2 Å². The topological polar surface area (TPSA) is 114 Å². The first-order valence-corrected chi connectivity index (χ1v) is 13.0. The lowest BCUT2D eigenvalue weighted by atomic mass is 9.77. The van der Waals surface area contributed by atoms with Gasteiger partial charge in [0.1, 0.15) is 11.5 Å². The molecule has 218 valence electrons. The third kappa shape index (κ3) is 7.25. The van der Waals surface area contributed by atoms with Gasteiger partial charge in [-0.25, -0.2) is 17.2 Å². The van der Waals surface area contributed by atoms with Crippen molar-refractivity contribution >= 4 is 27.2 Å². The fraction of sp³-hybridized carbons (Fsp3) is 0.348. The number of hydrogen-bond donors (Lipinski definition) is 2. The van der Waals surface area contributed by atoms with Crippen LogP contribution >= 0.6 is 0 Å². The number of aromatic nitrogens is 1. The van der Waals surface area contributed by atoms with E-state index in [9.17, 15) is 53.1 Å². The van der Waals surface area contributed by atoms with Crippen molar-refractivity contribution in [3.05, 3.63) is 65.0 Å². The Morgan fingerprint density at radius 2 is 1.73 bits per heavy atom. The van der Waals surface area contributed by atoms with E-state index in [1.54, 1.807) is 5.32 Å². The summed E-state index contributed by atoms with van der Waals surface area (Å²) in [5.74, 6) is -4.27. The maximum atomic E-state index is 14.6. The minimum Gasteiger partial charge on any atom is -0.406 e. The van der Waals surface area contributed by atoms with Gasteiger partial charge in [0.2, 0.25) is 11.8 Å². The Hall–Kier alpha value is -3.76. The van der Waals surface area contributed by atoms with Gasteiger partial charge < -0.3 is 15.4 Å². The molecule has 0 unspecified atom stereocenters. The van der Waals surface area contributed by atoms with E-state index in [0.717, 1.165) is 18.4 Å². The zero-order valence-corrected chi connectivity index (χ0v) is 21.0. The standard InChI is InChI=1S/C23H19F8N3O5S/c1-40(37,38)11-18(35)33-10-16-15(17-7-2-12(9-32-17)19(24)25)8-21(22(26,27)28,34-20(16)36)13-3-5-14(6-4-13)39-23(29,30)31/h2-7,9,19H,8,10-11H2,1H3,(H,33,35)(H,34,36)/t21-/m1/s1. The number of nitrogens with one attached hydrogen (secondary N) is 2. The maximum Gasteiger partial charge on any atom is 0.573 e. The van der Waals surface area contributed by atoms with Crippen LogP contribution in [0.25, 0.3) is 5.57 Å². The lowest BCUT2D eigenvalue weighted by Gasteiger charge is -2.41. The Labute approximate surface area is 221 Å². The number of benzene rings is 1. The number of rotatable bonds is 8. The molecule has 2 aromatic rings. The van der Waals surface area contributed by atoms with Gasteiger partial charge in [-0.3, -0.25) is 14.6 Å². The number of carbonyl (C=O) groups excluding carboxylic acids is 2. The Balaban J connectivity index is 2.12. The van der Waals surface area contributed by atoms with E-state index in [2.05, 4.69) is 15.0 Å². The number of alkyl halides is 8. The van der Waals surface area contributed by atoms with Gasteiger partial charge in [-0.1, -0.05) is 12.1 Å². The largest absolute Gasteiger partial charge is 0.573 e. The first-order valence-electron chi connectivity index (χ1n) is 11.0. The van der Waals surface area contributed by atoms with E-state index in [4.69, 9.17) is 0 Å². The van der Waals surface area contributed by atoms with Crippen LogP contribution in [0, 0.1) is 0 Å². The van der Waals surface area contributed by atoms with Crippen molar-refractivity contribution in [1.82, 2.24) is 15.6 Å². The molecule has 1 aromatic heterocycles.